The van der Waals surface area contributed by atoms with Crippen LogP contribution in [0.4, 0.5) is 10.1 Å². The van der Waals surface area contributed by atoms with Gasteiger partial charge in [0, 0.05) is 39.4 Å². The highest BCUT2D eigenvalue weighted by molar-refractivity contribution is 14.0. The molecule has 0 atom stereocenters. The normalized spacial score (nSPS) is 10.5. The summed E-state index contributed by atoms with van der Waals surface area (Å²) in [7, 11) is 3.69. The van der Waals surface area contributed by atoms with Gasteiger partial charge in [0.1, 0.15) is 5.82 Å². The van der Waals surface area contributed by atoms with Gasteiger partial charge in [-0.2, -0.15) is 0 Å². The van der Waals surface area contributed by atoms with Crippen LogP contribution in [0.15, 0.2) is 41.9 Å². The summed E-state index contributed by atoms with van der Waals surface area (Å²) in [5.74, 6) is 0.555. The molecule has 0 heterocycles. The fourth-order valence-electron chi connectivity index (χ4n) is 1.76. The minimum atomic E-state index is -0.207. The van der Waals surface area contributed by atoms with Gasteiger partial charge in [-0.15, -0.1) is 30.6 Å². The second-order valence-corrected chi connectivity index (χ2v) is 4.42. The maximum atomic E-state index is 13.1. The summed E-state index contributed by atoms with van der Waals surface area (Å²) >= 11 is 0. The van der Waals surface area contributed by atoms with E-state index in [1.54, 1.807) is 19.2 Å². The fraction of sp³-hybridized carbons (Fsp3) is 0.400. The summed E-state index contributed by atoms with van der Waals surface area (Å²) in [4.78, 5) is 6.13. The number of hydrogen-bond acceptors (Lipinski definition) is 2. The predicted molar refractivity (Wildman–Crippen MR) is 99.3 cm³/mol. The van der Waals surface area contributed by atoms with Crippen molar-refractivity contribution in [3.63, 3.8) is 0 Å². The summed E-state index contributed by atoms with van der Waals surface area (Å²) in [6.45, 7) is 5.97. The monoisotopic (exact) mass is 406 g/mol. The maximum Gasteiger partial charge on any atom is 0.191 e. The Morgan fingerprint density at radius 2 is 2.19 bits per heavy atom. The summed E-state index contributed by atoms with van der Waals surface area (Å²) in [5, 5.41) is 6.32. The van der Waals surface area contributed by atoms with E-state index in [-0.39, 0.29) is 29.8 Å². The lowest BCUT2D eigenvalue weighted by Gasteiger charge is -2.19. The molecule has 1 aromatic carbocycles. The molecule has 0 saturated carbocycles. The van der Waals surface area contributed by atoms with Gasteiger partial charge in [-0.05, 0) is 24.6 Å². The first kappa shape index (κ1) is 19.7. The highest BCUT2D eigenvalue weighted by atomic mass is 127. The average Bonchev–Trinajstić information content (AvgIpc) is 2.46. The number of hydrogen-bond donors (Lipinski definition) is 2. The van der Waals surface area contributed by atoms with E-state index < -0.39 is 0 Å². The number of guanidine groups is 1. The summed E-state index contributed by atoms with van der Waals surface area (Å²) < 4.78 is 13.1. The molecule has 0 bridgehead atoms. The number of rotatable bonds is 7. The van der Waals surface area contributed by atoms with Crippen LogP contribution >= 0.6 is 24.0 Å². The zero-order valence-corrected chi connectivity index (χ0v) is 14.9. The van der Waals surface area contributed by atoms with Gasteiger partial charge in [-0.1, -0.05) is 12.1 Å². The number of aliphatic imine (C=N–C) groups is 1. The van der Waals surface area contributed by atoms with Crippen LogP contribution in [0.25, 0.3) is 0 Å². The maximum absolute atomic E-state index is 13.1. The van der Waals surface area contributed by atoms with E-state index >= 15 is 0 Å². The van der Waals surface area contributed by atoms with Crippen LogP contribution < -0.4 is 15.5 Å². The smallest absolute Gasteiger partial charge is 0.191 e. The van der Waals surface area contributed by atoms with E-state index in [0.717, 1.165) is 31.2 Å². The van der Waals surface area contributed by atoms with Crippen LogP contribution in [0.3, 0.4) is 0 Å². The molecule has 6 heteroatoms. The SMILES string of the molecule is C=CCNC(=NC)NCCCN(C)c1cccc(F)c1.I. The van der Waals surface area contributed by atoms with E-state index in [1.165, 1.54) is 12.1 Å². The molecule has 0 radical (unpaired) electrons. The minimum Gasteiger partial charge on any atom is -0.374 e. The highest BCUT2D eigenvalue weighted by Crippen LogP contribution is 2.13. The molecule has 4 nitrogen and oxygen atoms in total. The lowest BCUT2D eigenvalue weighted by Crippen LogP contribution is -2.38. The highest BCUT2D eigenvalue weighted by Gasteiger charge is 2.02. The van der Waals surface area contributed by atoms with Gasteiger partial charge in [0.15, 0.2) is 5.96 Å². The predicted octanol–water partition coefficient (Wildman–Crippen LogP) is 2.62. The standard InChI is InChI=1S/C15H23FN4.HI/c1-4-9-18-15(17-2)19-10-6-11-20(3)14-8-5-7-13(16)12-14;/h4-5,7-8,12H,1,6,9-11H2,2-3H3,(H2,17,18,19);1H. The Labute approximate surface area is 143 Å². The molecule has 1 rings (SSSR count). The third-order valence-corrected chi connectivity index (χ3v) is 2.85. The fourth-order valence-corrected chi connectivity index (χ4v) is 1.76. The summed E-state index contributed by atoms with van der Waals surface area (Å²) in [5.41, 5.74) is 0.888. The lowest BCUT2D eigenvalue weighted by atomic mass is 10.2. The van der Waals surface area contributed by atoms with Crippen LogP contribution in [0.5, 0.6) is 0 Å². The van der Waals surface area contributed by atoms with Crippen molar-refractivity contribution in [3.8, 4) is 0 Å². The molecule has 1 aromatic rings. The van der Waals surface area contributed by atoms with Gasteiger partial charge in [0.05, 0.1) is 0 Å². The number of halogens is 2. The van der Waals surface area contributed by atoms with E-state index in [9.17, 15) is 4.39 Å². The zero-order chi connectivity index (χ0) is 14.8. The van der Waals surface area contributed by atoms with E-state index in [1.807, 2.05) is 18.0 Å². The van der Waals surface area contributed by atoms with Gasteiger partial charge < -0.3 is 15.5 Å². The molecule has 0 aliphatic rings. The van der Waals surface area contributed by atoms with Gasteiger partial charge >= 0.3 is 0 Å². The van der Waals surface area contributed by atoms with Crippen LogP contribution in [-0.2, 0) is 0 Å². The average molecular weight is 406 g/mol. The first-order valence-electron chi connectivity index (χ1n) is 6.69. The van der Waals surface area contributed by atoms with Gasteiger partial charge in [-0.25, -0.2) is 4.39 Å². The molecule has 0 aliphatic heterocycles. The topological polar surface area (TPSA) is 39.7 Å². The van der Waals surface area contributed by atoms with Crippen molar-refractivity contribution in [1.82, 2.24) is 10.6 Å². The quantitative estimate of drug-likeness (QED) is 0.241. The lowest BCUT2D eigenvalue weighted by molar-refractivity contribution is 0.626. The number of benzene rings is 1. The largest absolute Gasteiger partial charge is 0.374 e. The Morgan fingerprint density at radius 1 is 1.43 bits per heavy atom. The minimum absolute atomic E-state index is 0. The van der Waals surface area contributed by atoms with E-state index in [4.69, 9.17) is 0 Å². The number of nitrogens with one attached hydrogen (secondary N) is 2. The molecule has 0 aliphatic carbocycles. The molecule has 2 N–H and O–H groups in total. The van der Waals surface area contributed by atoms with Crippen LogP contribution in [0, 0.1) is 5.82 Å². The van der Waals surface area contributed by atoms with Crippen molar-refractivity contribution in [2.75, 3.05) is 38.6 Å². The van der Waals surface area contributed by atoms with Crippen molar-refractivity contribution in [1.29, 1.82) is 0 Å². The molecule has 0 aromatic heterocycles. The van der Waals surface area contributed by atoms with Gasteiger partial charge in [0.2, 0.25) is 0 Å². The van der Waals surface area contributed by atoms with Crippen LogP contribution in [0.1, 0.15) is 6.42 Å². The molecule has 0 fully saturated rings. The Kier molecular flexibility index (Phi) is 10.7. The second-order valence-electron chi connectivity index (χ2n) is 4.42. The molecule has 0 saturated heterocycles. The number of anilines is 1. The Bertz CT molecular complexity index is 451. The first-order valence-corrected chi connectivity index (χ1v) is 6.69. The first-order chi connectivity index (χ1) is 9.67. The van der Waals surface area contributed by atoms with Crippen molar-refractivity contribution < 1.29 is 4.39 Å². The summed E-state index contributed by atoms with van der Waals surface area (Å²) in [6.07, 6.45) is 2.71. The Balaban J connectivity index is 0.00000400. The van der Waals surface area contributed by atoms with Crippen LogP contribution in [-0.4, -0.2) is 39.7 Å². The molecule has 0 spiro atoms. The third-order valence-electron chi connectivity index (χ3n) is 2.85. The third kappa shape index (κ3) is 7.89. The zero-order valence-electron chi connectivity index (χ0n) is 12.6. The van der Waals surface area contributed by atoms with Crippen molar-refractivity contribution in [2.24, 2.45) is 4.99 Å². The van der Waals surface area contributed by atoms with E-state index in [2.05, 4.69) is 22.2 Å². The van der Waals surface area contributed by atoms with Gasteiger partial charge in [-0.3, -0.25) is 4.99 Å². The Morgan fingerprint density at radius 3 is 2.81 bits per heavy atom. The molecule has 0 unspecified atom stereocenters. The Hall–Kier alpha value is -1.31. The van der Waals surface area contributed by atoms with Crippen molar-refractivity contribution in [2.45, 2.75) is 6.42 Å². The second kappa shape index (κ2) is 11.4. The molecule has 0 amide bonds. The molecular weight excluding hydrogens is 382 g/mol. The molecule has 21 heavy (non-hydrogen) atoms. The van der Waals surface area contributed by atoms with E-state index in [0.29, 0.717) is 6.54 Å². The number of nitrogens with zero attached hydrogens (tertiary/aromatic N) is 2. The molecule has 118 valence electrons. The van der Waals surface area contributed by atoms with Crippen LogP contribution in [0.2, 0.25) is 0 Å². The van der Waals surface area contributed by atoms with Gasteiger partial charge in [0.25, 0.3) is 0 Å². The summed E-state index contributed by atoms with van der Waals surface area (Å²) in [6, 6.07) is 6.62. The van der Waals surface area contributed by atoms with Crippen molar-refractivity contribution >= 4 is 35.6 Å². The molecular formula is C15H24FIN4. The van der Waals surface area contributed by atoms with Crippen molar-refractivity contribution in [3.05, 3.63) is 42.7 Å².